The number of likely N-dealkylation sites (N-methyl/N-ethyl adjacent to an activating group) is 1. The maximum Gasteiger partial charge on any atom is 0.165 e. The smallest absolute Gasteiger partial charge is 0.165 e. The fraction of sp³-hybridized carbons (Fsp3) is 0.600. The van der Waals surface area contributed by atoms with Crippen molar-refractivity contribution in [2.75, 3.05) is 19.9 Å². The van der Waals surface area contributed by atoms with Gasteiger partial charge in [-0.15, -0.1) is 0 Å². The van der Waals surface area contributed by atoms with Gasteiger partial charge >= 0.3 is 0 Å². The second-order valence-corrected chi connectivity index (χ2v) is 6.32. The molecule has 0 aromatic heterocycles. The van der Waals surface area contributed by atoms with Crippen LogP contribution in [0.3, 0.4) is 0 Å². The summed E-state index contributed by atoms with van der Waals surface area (Å²) in [4.78, 5) is 0. The summed E-state index contributed by atoms with van der Waals surface area (Å²) in [6.45, 7) is 0. The van der Waals surface area contributed by atoms with Crippen molar-refractivity contribution >= 4 is 11.8 Å². The topological polar surface area (TPSA) is 21.3 Å². The molecule has 0 spiro atoms. The Bertz CT molecular complexity index is 407. The molecule has 0 bridgehead atoms. The zero-order valence-corrected chi connectivity index (χ0v) is 12.4. The summed E-state index contributed by atoms with van der Waals surface area (Å²) in [7, 11) is 3.49. The average molecular weight is 283 g/mol. The van der Waals surface area contributed by atoms with E-state index in [-0.39, 0.29) is 5.82 Å². The highest BCUT2D eigenvalue weighted by Gasteiger charge is 2.23. The Balaban J connectivity index is 2.03. The quantitative estimate of drug-likeness (QED) is 0.896. The van der Waals surface area contributed by atoms with Crippen LogP contribution in [0.15, 0.2) is 18.2 Å². The second-order valence-electron chi connectivity index (χ2n) is 4.97. The van der Waals surface area contributed by atoms with E-state index >= 15 is 0 Å². The lowest BCUT2D eigenvalue weighted by molar-refractivity contribution is 0.386. The highest BCUT2D eigenvalue weighted by molar-refractivity contribution is 8.00. The molecule has 1 aromatic carbocycles. The van der Waals surface area contributed by atoms with Gasteiger partial charge < -0.3 is 10.1 Å². The number of nitrogens with one attached hydrogen (secondary N) is 1. The molecule has 1 saturated heterocycles. The van der Waals surface area contributed by atoms with Crippen LogP contribution in [0.1, 0.15) is 24.8 Å². The molecule has 0 amide bonds. The third-order valence-electron chi connectivity index (χ3n) is 3.71. The number of ether oxygens (including phenoxy) is 1. The van der Waals surface area contributed by atoms with Gasteiger partial charge in [-0.1, -0.05) is 12.5 Å². The number of thioether (sulfide) groups is 1. The molecule has 4 heteroatoms. The lowest BCUT2D eigenvalue weighted by atomic mass is 9.99. The molecule has 1 fully saturated rings. The van der Waals surface area contributed by atoms with Gasteiger partial charge in [-0.25, -0.2) is 4.39 Å². The molecular weight excluding hydrogens is 261 g/mol. The molecule has 19 heavy (non-hydrogen) atoms. The molecule has 1 aliphatic rings. The molecular formula is C15H22FNOS. The SMILES string of the molecule is CNC(Cc1ccc(OC)c(F)c1)C1CCCCS1. The van der Waals surface area contributed by atoms with Crippen molar-refractivity contribution in [3.8, 4) is 5.75 Å². The molecule has 1 aliphatic heterocycles. The number of hydrogen-bond acceptors (Lipinski definition) is 3. The van der Waals surface area contributed by atoms with Crippen molar-refractivity contribution in [3.63, 3.8) is 0 Å². The van der Waals surface area contributed by atoms with Gasteiger partial charge in [0.2, 0.25) is 0 Å². The van der Waals surface area contributed by atoms with Gasteiger partial charge in [0.1, 0.15) is 0 Å². The van der Waals surface area contributed by atoms with Crippen molar-refractivity contribution in [3.05, 3.63) is 29.6 Å². The van der Waals surface area contributed by atoms with Gasteiger partial charge in [0.25, 0.3) is 0 Å². The minimum absolute atomic E-state index is 0.272. The Kier molecular flexibility index (Phi) is 5.52. The summed E-state index contributed by atoms with van der Waals surface area (Å²) in [5.41, 5.74) is 1.03. The molecule has 0 aliphatic carbocycles. The lowest BCUT2D eigenvalue weighted by Crippen LogP contribution is -2.39. The Morgan fingerprint density at radius 2 is 2.32 bits per heavy atom. The van der Waals surface area contributed by atoms with Crippen LogP contribution < -0.4 is 10.1 Å². The molecule has 2 rings (SSSR count). The van der Waals surface area contributed by atoms with E-state index in [1.54, 1.807) is 12.1 Å². The van der Waals surface area contributed by atoms with Crippen LogP contribution in [0.4, 0.5) is 4.39 Å². The van der Waals surface area contributed by atoms with Crippen LogP contribution in [0.2, 0.25) is 0 Å². The Hall–Kier alpha value is -0.740. The number of benzene rings is 1. The van der Waals surface area contributed by atoms with Crippen molar-refractivity contribution in [1.82, 2.24) is 5.32 Å². The lowest BCUT2D eigenvalue weighted by Gasteiger charge is -2.29. The molecule has 2 nitrogen and oxygen atoms in total. The van der Waals surface area contributed by atoms with Crippen molar-refractivity contribution in [2.24, 2.45) is 0 Å². The molecule has 1 aromatic rings. The van der Waals surface area contributed by atoms with Crippen molar-refractivity contribution in [1.29, 1.82) is 0 Å². The Morgan fingerprint density at radius 3 is 2.89 bits per heavy atom. The van der Waals surface area contributed by atoms with E-state index in [1.807, 2.05) is 24.9 Å². The predicted molar refractivity (Wildman–Crippen MR) is 79.6 cm³/mol. The summed E-state index contributed by atoms with van der Waals surface area (Å²) >= 11 is 2.05. The van der Waals surface area contributed by atoms with Gasteiger partial charge in [0, 0.05) is 11.3 Å². The first-order valence-corrected chi connectivity index (χ1v) is 7.90. The van der Waals surface area contributed by atoms with Gasteiger partial charge in [-0.2, -0.15) is 11.8 Å². The fourth-order valence-electron chi connectivity index (χ4n) is 2.59. The number of hydrogen-bond donors (Lipinski definition) is 1. The van der Waals surface area contributed by atoms with E-state index in [1.165, 1.54) is 32.1 Å². The summed E-state index contributed by atoms with van der Waals surface area (Å²) in [5, 5.41) is 4.04. The van der Waals surface area contributed by atoms with Crippen LogP contribution >= 0.6 is 11.8 Å². The highest BCUT2D eigenvalue weighted by Crippen LogP contribution is 2.29. The van der Waals surface area contributed by atoms with Crippen LogP contribution in [0.5, 0.6) is 5.75 Å². The minimum Gasteiger partial charge on any atom is -0.494 e. The summed E-state index contributed by atoms with van der Waals surface area (Å²) in [6, 6.07) is 5.68. The van der Waals surface area contributed by atoms with E-state index in [4.69, 9.17) is 4.74 Å². The third kappa shape index (κ3) is 3.86. The Labute approximate surface area is 119 Å². The van der Waals surface area contributed by atoms with Crippen molar-refractivity contribution < 1.29 is 9.13 Å². The third-order valence-corrected chi connectivity index (χ3v) is 5.22. The number of halogens is 1. The van der Waals surface area contributed by atoms with E-state index in [9.17, 15) is 4.39 Å². The summed E-state index contributed by atoms with van der Waals surface area (Å²) in [5.74, 6) is 1.29. The minimum atomic E-state index is -0.272. The Morgan fingerprint density at radius 1 is 1.47 bits per heavy atom. The first-order valence-electron chi connectivity index (χ1n) is 6.86. The van der Waals surface area contributed by atoms with Crippen LogP contribution in [-0.2, 0) is 6.42 Å². The fourth-order valence-corrected chi connectivity index (χ4v) is 4.06. The van der Waals surface area contributed by atoms with Gasteiger partial charge in [-0.05, 0) is 49.8 Å². The van der Waals surface area contributed by atoms with Gasteiger partial charge in [0.05, 0.1) is 7.11 Å². The number of methoxy groups -OCH3 is 1. The van der Waals surface area contributed by atoms with Crippen LogP contribution in [0, 0.1) is 5.82 Å². The first-order chi connectivity index (χ1) is 9.24. The highest BCUT2D eigenvalue weighted by atomic mass is 32.2. The van der Waals surface area contributed by atoms with E-state index in [2.05, 4.69) is 5.32 Å². The molecule has 0 radical (unpaired) electrons. The van der Waals surface area contributed by atoms with Gasteiger partial charge in [0.15, 0.2) is 11.6 Å². The predicted octanol–water partition coefficient (Wildman–Crippen LogP) is 3.25. The second kappa shape index (κ2) is 7.15. The number of rotatable bonds is 5. The maximum atomic E-state index is 13.7. The normalized spacial score (nSPS) is 21.1. The monoisotopic (exact) mass is 283 g/mol. The molecule has 106 valence electrons. The van der Waals surface area contributed by atoms with Gasteiger partial charge in [-0.3, -0.25) is 0 Å². The first kappa shape index (κ1) is 14.7. The summed E-state index contributed by atoms with van der Waals surface area (Å²) in [6.07, 6.45) is 4.77. The zero-order valence-electron chi connectivity index (χ0n) is 11.6. The molecule has 0 saturated carbocycles. The molecule has 1 N–H and O–H groups in total. The van der Waals surface area contributed by atoms with E-state index in [0.29, 0.717) is 17.0 Å². The summed E-state index contributed by atoms with van der Waals surface area (Å²) < 4.78 is 18.6. The standard InChI is InChI=1S/C15H22FNOS/c1-17-13(15-5-3-4-8-19-15)10-11-6-7-14(18-2)12(16)9-11/h6-7,9,13,15,17H,3-5,8,10H2,1-2H3. The van der Waals surface area contributed by atoms with E-state index < -0.39 is 0 Å². The zero-order chi connectivity index (χ0) is 13.7. The van der Waals surface area contributed by atoms with Crippen LogP contribution in [0.25, 0.3) is 0 Å². The molecule has 2 atom stereocenters. The average Bonchev–Trinajstić information content (AvgIpc) is 2.46. The molecule has 1 heterocycles. The van der Waals surface area contributed by atoms with Crippen LogP contribution in [-0.4, -0.2) is 31.2 Å². The van der Waals surface area contributed by atoms with Crippen molar-refractivity contribution in [2.45, 2.75) is 37.0 Å². The molecule has 2 unspecified atom stereocenters. The van der Waals surface area contributed by atoms with E-state index in [0.717, 1.165) is 12.0 Å². The largest absolute Gasteiger partial charge is 0.494 e. The maximum absolute atomic E-state index is 13.7.